The third-order valence-electron chi connectivity index (χ3n) is 4.62. The molecule has 0 saturated heterocycles. The Morgan fingerprint density at radius 3 is 2.56 bits per heavy atom. The Bertz CT molecular complexity index is 557. The van der Waals surface area contributed by atoms with Crippen LogP contribution in [0.15, 0.2) is 33.7 Å². The molecule has 1 saturated carbocycles. The molecule has 0 aromatic heterocycles. The summed E-state index contributed by atoms with van der Waals surface area (Å²) in [5.74, 6) is 0.877. The molecule has 6 heteroatoms. The molecule has 0 amide bonds. The van der Waals surface area contributed by atoms with Gasteiger partial charge in [0.15, 0.2) is 5.96 Å². The van der Waals surface area contributed by atoms with Gasteiger partial charge in [0.2, 0.25) is 0 Å². The molecule has 0 radical (unpaired) electrons. The highest BCUT2D eigenvalue weighted by Gasteiger charge is 2.22. The standard InChI is InChI=1S/C19H30BrN3O.HI/c1-4-21-18(23-16-8-10-17(24)11-9-16)22-13-19(2,3)14-6-5-7-15(20)12-14;/h5-7,12,16-17,24H,4,8-11,13H2,1-3H3,(H2,21,22,23);1H. The van der Waals surface area contributed by atoms with Crippen LogP contribution in [0.3, 0.4) is 0 Å². The summed E-state index contributed by atoms with van der Waals surface area (Å²) in [6, 6.07) is 8.84. The van der Waals surface area contributed by atoms with Crippen molar-refractivity contribution in [3.8, 4) is 0 Å². The van der Waals surface area contributed by atoms with Crippen molar-refractivity contribution in [3.05, 3.63) is 34.3 Å². The Hall–Kier alpha value is -0.340. The summed E-state index contributed by atoms with van der Waals surface area (Å²) < 4.78 is 1.10. The minimum absolute atomic E-state index is 0. The van der Waals surface area contributed by atoms with E-state index in [4.69, 9.17) is 4.99 Å². The SMILES string of the molecule is CCNC(=NCC(C)(C)c1cccc(Br)c1)NC1CCC(O)CC1.I. The van der Waals surface area contributed by atoms with E-state index in [0.29, 0.717) is 12.6 Å². The van der Waals surface area contributed by atoms with Crippen LogP contribution in [0.1, 0.15) is 52.0 Å². The van der Waals surface area contributed by atoms with Crippen molar-refractivity contribution >= 4 is 45.9 Å². The van der Waals surface area contributed by atoms with Crippen LogP contribution in [0.2, 0.25) is 0 Å². The van der Waals surface area contributed by atoms with Gasteiger partial charge in [-0.2, -0.15) is 0 Å². The average Bonchev–Trinajstić information content (AvgIpc) is 2.55. The summed E-state index contributed by atoms with van der Waals surface area (Å²) in [5, 5.41) is 16.5. The number of aliphatic hydroxyl groups is 1. The van der Waals surface area contributed by atoms with Crippen molar-refractivity contribution in [3.63, 3.8) is 0 Å². The number of rotatable bonds is 5. The lowest BCUT2D eigenvalue weighted by Gasteiger charge is -2.29. The average molecular weight is 524 g/mol. The van der Waals surface area contributed by atoms with Crippen molar-refractivity contribution in [2.45, 2.75) is 64.0 Å². The maximum absolute atomic E-state index is 9.65. The first-order valence-electron chi connectivity index (χ1n) is 8.89. The molecule has 4 nitrogen and oxygen atoms in total. The van der Waals surface area contributed by atoms with Gasteiger partial charge in [-0.3, -0.25) is 4.99 Å². The zero-order chi connectivity index (χ0) is 17.6. The number of aliphatic imine (C=N–C) groups is 1. The van der Waals surface area contributed by atoms with Gasteiger partial charge in [0, 0.05) is 22.5 Å². The van der Waals surface area contributed by atoms with Crippen LogP contribution in [0.4, 0.5) is 0 Å². The summed E-state index contributed by atoms with van der Waals surface area (Å²) in [4.78, 5) is 4.82. The molecule has 1 aliphatic rings. The van der Waals surface area contributed by atoms with E-state index in [2.05, 4.69) is 65.5 Å². The third kappa shape index (κ3) is 7.43. The Morgan fingerprint density at radius 1 is 1.28 bits per heavy atom. The van der Waals surface area contributed by atoms with E-state index in [1.54, 1.807) is 0 Å². The largest absolute Gasteiger partial charge is 0.393 e. The summed E-state index contributed by atoms with van der Waals surface area (Å²) in [6.07, 6.45) is 3.63. The molecular weight excluding hydrogens is 493 g/mol. The Labute approximate surface area is 177 Å². The number of hydrogen-bond acceptors (Lipinski definition) is 2. The lowest BCUT2D eigenvalue weighted by atomic mass is 9.85. The zero-order valence-electron chi connectivity index (χ0n) is 15.4. The molecule has 25 heavy (non-hydrogen) atoms. The van der Waals surface area contributed by atoms with Crippen molar-refractivity contribution in [2.75, 3.05) is 13.1 Å². The van der Waals surface area contributed by atoms with Gasteiger partial charge in [-0.05, 0) is 50.3 Å². The highest BCUT2D eigenvalue weighted by Crippen LogP contribution is 2.26. The molecule has 0 atom stereocenters. The van der Waals surface area contributed by atoms with Gasteiger partial charge >= 0.3 is 0 Å². The maximum atomic E-state index is 9.65. The van der Waals surface area contributed by atoms with Crippen LogP contribution in [0, 0.1) is 0 Å². The van der Waals surface area contributed by atoms with E-state index in [1.807, 2.05) is 6.07 Å². The molecule has 0 unspecified atom stereocenters. The quantitative estimate of drug-likeness (QED) is 0.308. The number of hydrogen-bond donors (Lipinski definition) is 3. The van der Waals surface area contributed by atoms with Crippen LogP contribution in [0.25, 0.3) is 0 Å². The van der Waals surface area contributed by atoms with Crippen LogP contribution in [-0.4, -0.2) is 36.3 Å². The van der Waals surface area contributed by atoms with Gasteiger partial charge in [0.05, 0.1) is 12.6 Å². The monoisotopic (exact) mass is 523 g/mol. The minimum atomic E-state index is -0.127. The molecule has 2 rings (SSSR count). The van der Waals surface area contributed by atoms with Gasteiger partial charge in [-0.25, -0.2) is 0 Å². The first-order valence-corrected chi connectivity index (χ1v) is 9.69. The lowest BCUT2D eigenvalue weighted by Crippen LogP contribution is -2.45. The van der Waals surface area contributed by atoms with Gasteiger partial charge in [-0.15, -0.1) is 24.0 Å². The predicted octanol–water partition coefficient (Wildman–Crippen LogP) is 4.20. The molecule has 1 fully saturated rings. The Kier molecular flexibility index (Phi) is 9.74. The van der Waals surface area contributed by atoms with Gasteiger partial charge in [0.25, 0.3) is 0 Å². The number of aliphatic hydroxyl groups excluding tert-OH is 1. The fraction of sp³-hybridized carbons (Fsp3) is 0.632. The van der Waals surface area contributed by atoms with Crippen LogP contribution < -0.4 is 10.6 Å². The molecule has 1 aliphatic carbocycles. The van der Waals surface area contributed by atoms with Crippen LogP contribution >= 0.6 is 39.9 Å². The number of nitrogens with one attached hydrogen (secondary N) is 2. The lowest BCUT2D eigenvalue weighted by molar-refractivity contribution is 0.120. The molecular formula is C19H31BrIN3O. The topological polar surface area (TPSA) is 56.7 Å². The number of nitrogens with zero attached hydrogens (tertiary/aromatic N) is 1. The Balaban J connectivity index is 0.00000312. The van der Waals surface area contributed by atoms with Gasteiger partial charge in [-0.1, -0.05) is 41.9 Å². The number of benzene rings is 1. The fourth-order valence-electron chi connectivity index (χ4n) is 3.01. The molecule has 0 bridgehead atoms. The van der Waals surface area contributed by atoms with E-state index < -0.39 is 0 Å². The van der Waals surface area contributed by atoms with E-state index in [1.165, 1.54) is 5.56 Å². The van der Waals surface area contributed by atoms with Gasteiger partial charge < -0.3 is 15.7 Å². The zero-order valence-corrected chi connectivity index (χ0v) is 19.3. The molecule has 0 heterocycles. The smallest absolute Gasteiger partial charge is 0.191 e. The van der Waals surface area contributed by atoms with Crippen LogP contribution in [-0.2, 0) is 5.41 Å². The Morgan fingerprint density at radius 2 is 1.96 bits per heavy atom. The highest BCUT2D eigenvalue weighted by molar-refractivity contribution is 14.0. The first-order chi connectivity index (χ1) is 11.4. The second-order valence-electron chi connectivity index (χ2n) is 7.24. The van der Waals surface area contributed by atoms with Crippen LogP contribution in [0.5, 0.6) is 0 Å². The predicted molar refractivity (Wildman–Crippen MR) is 120 cm³/mol. The summed E-state index contributed by atoms with van der Waals surface area (Å²) in [6.45, 7) is 8.09. The normalized spacial score (nSPS) is 21.4. The summed E-state index contributed by atoms with van der Waals surface area (Å²) >= 11 is 3.55. The highest BCUT2D eigenvalue weighted by atomic mass is 127. The second kappa shape index (κ2) is 10.7. The summed E-state index contributed by atoms with van der Waals surface area (Å²) in [5.41, 5.74) is 1.24. The van der Waals surface area contributed by atoms with Gasteiger partial charge in [0.1, 0.15) is 0 Å². The van der Waals surface area contributed by atoms with E-state index in [9.17, 15) is 5.11 Å². The maximum Gasteiger partial charge on any atom is 0.191 e. The molecule has 3 N–H and O–H groups in total. The third-order valence-corrected chi connectivity index (χ3v) is 5.11. The van der Waals surface area contributed by atoms with E-state index in [0.717, 1.165) is 42.7 Å². The minimum Gasteiger partial charge on any atom is -0.393 e. The van der Waals surface area contributed by atoms with E-state index in [-0.39, 0.29) is 35.5 Å². The summed E-state index contributed by atoms with van der Waals surface area (Å²) in [7, 11) is 0. The van der Waals surface area contributed by atoms with E-state index >= 15 is 0 Å². The number of guanidine groups is 1. The van der Waals surface area contributed by atoms with Crippen molar-refractivity contribution in [1.82, 2.24) is 10.6 Å². The fourth-order valence-corrected chi connectivity index (χ4v) is 3.41. The van der Waals surface area contributed by atoms with Crippen molar-refractivity contribution in [1.29, 1.82) is 0 Å². The molecule has 1 aromatic rings. The second-order valence-corrected chi connectivity index (χ2v) is 8.15. The van der Waals surface area contributed by atoms with Crippen molar-refractivity contribution in [2.24, 2.45) is 4.99 Å². The van der Waals surface area contributed by atoms with Crippen molar-refractivity contribution < 1.29 is 5.11 Å². The molecule has 142 valence electrons. The first kappa shape index (κ1) is 22.7. The molecule has 0 spiro atoms. The molecule has 0 aliphatic heterocycles. The molecule has 1 aromatic carbocycles. The number of halogens is 2.